The Hall–Kier alpha value is -10.1. The number of hydrogen-bond donors (Lipinski definition) is 0. The van der Waals surface area contributed by atoms with Gasteiger partial charge in [-0.05, 0) is 148 Å². The van der Waals surface area contributed by atoms with Crippen molar-refractivity contribution in [3.63, 3.8) is 0 Å². The first kappa shape index (κ1) is 45.0. The molecule has 4 heterocycles. The van der Waals surface area contributed by atoms with E-state index in [4.69, 9.17) is 8.83 Å². The Balaban J connectivity index is 0.849. The van der Waals surface area contributed by atoms with Crippen molar-refractivity contribution in [2.45, 2.75) is 31.2 Å². The molecule has 0 saturated carbocycles. The van der Waals surface area contributed by atoms with Gasteiger partial charge in [-0.25, -0.2) is 0 Å². The van der Waals surface area contributed by atoms with Crippen LogP contribution >= 0.6 is 0 Å². The van der Waals surface area contributed by atoms with Gasteiger partial charge in [0.05, 0.1) is 39.5 Å². The van der Waals surface area contributed by atoms with Crippen LogP contribution in [0.3, 0.4) is 0 Å². The molecule has 378 valence electrons. The Kier molecular flexibility index (Phi) is 9.53. The van der Waals surface area contributed by atoms with E-state index in [1.165, 1.54) is 66.6 Å². The summed E-state index contributed by atoms with van der Waals surface area (Å²) in [7, 11) is 0. The van der Waals surface area contributed by atoms with Gasteiger partial charge >= 0.3 is 0 Å². The summed E-state index contributed by atoms with van der Waals surface area (Å²) in [5.41, 5.74) is 23.3. The lowest BCUT2D eigenvalue weighted by Crippen LogP contribution is -2.28. The lowest BCUT2D eigenvalue weighted by atomic mass is 9.82. The van der Waals surface area contributed by atoms with Crippen LogP contribution in [0.15, 0.2) is 270 Å². The number of hydrogen-bond acceptors (Lipinski definition) is 4. The van der Waals surface area contributed by atoms with Gasteiger partial charge in [0.1, 0.15) is 16.7 Å². The molecule has 0 amide bonds. The fraction of sp³-hybridized carbons (Fsp3) is 0.0667. The van der Waals surface area contributed by atoms with Gasteiger partial charge in [-0.1, -0.05) is 172 Å². The molecule has 0 N–H and O–H groups in total. The summed E-state index contributed by atoms with van der Waals surface area (Å²) in [4.78, 5) is 4.94. The number of nitrogens with zero attached hydrogens (tertiary/aromatic N) is 3. The van der Waals surface area contributed by atoms with E-state index in [-0.39, 0.29) is 17.4 Å². The maximum absolute atomic E-state index is 6.91. The first-order valence-corrected chi connectivity index (χ1v) is 27.8. The van der Waals surface area contributed by atoms with Gasteiger partial charge in [0.15, 0.2) is 5.58 Å². The average Bonchev–Trinajstić information content (AvgIpc) is 4.34. The van der Waals surface area contributed by atoms with E-state index in [1.807, 2.05) is 6.07 Å². The molecule has 17 rings (SSSR count). The molecule has 5 heteroatoms. The highest BCUT2D eigenvalue weighted by Crippen LogP contribution is 2.57. The molecule has 0 bridgehead atoms. The summed E-state index contributed by atoms with van der Waals surface area (Å²) in [6.45, 7) is 4.70. The van der Waals surface area contributed by atoms with Crippen molar-refractivity contribution in [2.75, 3.05) is 9.80 Å². The quantitative estimate of drug-likeness (QED) is 0.159. The van der Waals surface area contributed by atoms with Crippen molar-refractivity contribution in [3.05, 3.63) is 278 Å². The zero-order valence-electron chi connectivity index (χ0n) is 44.1. The largest absolute Gasteiger partial charge is 0.456 e. The predicted octanol–water partition coefficient (Wildman–Crippen LogP) is 20.4. The van der Waals surface area contributed by atoms with E-state index >= 15 is 0 Å². The van der Waals surface area contributed by atoms with Gasteiger partial charge in [-0.15, -0.1) is 0 Å². The van der Waals surface area contributed by atoms with Crippen LogP contribution in [0.4, 0.5) is 28.4 Å². The number of rotatable bonds is 7. The zero-order valence-corrected chi connectivity index (χ0v) is 44.1. The minimum Gasteiger partial charge on any atom is -0.456 e. The smallest absolute Gasteiger partial charge is 0.159 e. The van der Waals surface area contributed by atoms with Crippen molar-refractivity contribution in [1.29, 1.82) is 0 Å². The average molecular weight is 1030 g/mol. The van der Waals surface area contributed by atoms with Crippen LogP contribution in [0.5, 0.6) is 0 Å². The van der Waals surface area contributed by atoms with Crippen molar-refractivity contribution in [1.82, 2.24) is 4.57 Å². The highest BCUT2D eigenvalue weighted by Gasteiger charge is 2.40. The van der Waals surface area contributed by atoms with Crippen molar-refractivity contribution in [3.8, 4) is 39.1 Å². The monoisotopic (exact) mass is 1030 g/mol. The second-order valence-corrected chi connectivity index (χ2v) is 22.3. The number of anilines is 5. The summed E-state index contributed by atoms with van der Waals surface area (Å²) in [5, 5.41) is 6.67. The first-order valence-electron chi connectivity index (χ1n) is 27.8. The van der Waals surface area contributed by atoms with E-state index in [0.717, 1.165) is 83.3 Å². The molecule has 0 spiro atoms. The number of aromatic nitrogens is 1. The first-order chi connectivity index (χ1) is 39.4. The Morgan fingerprint density at radius 3 is 1.82 bits per heavy atom. The normalized spacial score (nSPS) is 15.8. The third-order valence-corrected chi connectivity index (χ3v) is 17.7. The Labute approximate surface area is 462 Å². The molecule has 3 aromatic heterocycles. The predicted molar refractivity (Wildman–Crippen MR) is 332 cm³/mol. The second kappa shape index (κ2) is 16.9. The van der Waals surface area contributed by atoms with Crippen LogP contribution in [0.2, 0.25) is 0 Å². The molecular formula is C75H51N3O2. The fourth-order valence-electron chi connectivity index (χ4n) is 14.0. The summed E-state index contributed by atoms with van der Waals surface area (Å²) >= 11 is 0. The van der Waals surface area contributed by atoms with Crippen LogP contribution in [0, 0.1) is 0 Å². The molecule has 2 atom stereocenters. The zero-order chi connectivity index (χ0) is 52.8. The summed E-state index contributed by atoms with van der Waals surface area (Å²) in [5.74, 6) is 0.264. The van der Waals surface area contributed by atoms with Crippen LogP contribution in [-0.2, 0) is 5.41 Å². The number of benzene rings is 11. The Morgan fingerprint density at radius 2 is 1.01 bits per heavy atom. The molecule has 80 heavy (non-hydrogen) atoms. The van der Waals surface area contributed by atoms with Gasteiger partial charge in [0.25, 0.3) is 0 Å². The Bertz CT molecular complexity index is 4960. The van der Waals surface area contributed by atoms with E-state index in [9.17, 15) is 0 Å². The van der Waals surface area contributed by atoms with Gasteiger partial charge in [0.2, 0.25) is 0 Å². The maximum atomic E-state index is 6.91. The van der Waals surface area contributed by atoms with E-state index in [2.05, 4.69) is 283 Å². The van der Waals surface area contributed by atoms with E-state index in [0.29, 0.717) is 0 Å². The van der Waals surface area contributed by atoms with Crippen LogP contribution < -0.4 is 9.80 Å². The second-order valence-electron chi connectivity index (χ2n) is 22.3. The molecule has 3 aliphatic rings. The molecular weight excluding hydrogens is 975 g/mol. The van der Waals surface area contributed by atoms with Gasteiger partial charge in [0, 0.05) is 60.9 Å². The minimum atomic E-state index is -0.195. The summed E-state index contributed by atoms with van der Waals surface area (Å²) in [6.07, 6.45) is 9.11. The summed E-state index contributed by atoms with van der Waals surface area (Å²) < 4.78 is 16.2. The number of para-hydroxylation sites is 4. The molecule has 1 aliphatic heterocycles. The molecule has 0 radical (unpaired) electrons. The molecule has 2 unspecified atom stereocenters. The Morgan fingerprint density at radius 1 is 0.425 bits per heavy atom. The molecule has 0 saturated heterocycles. The topological polar surface area (TPSA) is 37.7 Å². The summed E-state index contributed by atoms with van der Waals surface area (Å²) in [6, 6.07) is 86.7. The van der Waals surface area contributed by atoms with Gasteiger partial charge < -0.3 is 23.2 Å². The maximum Gasteiger partial charge on any atom is 0.159 e. The molecule has 2 aliphatic carbocycles. The highest BCUT2D eigenvalue weighted by atomic mass is 16.3. The fourth-order valence-corrected chi connectivity index (χ4v) is 14.0. The van der Waals surface area contributed by atoms with Gasteiger partial charge in [-0.2, -0.15) is 0 Å². The lowest BCUT2D eigenvalue weighted by Gasteiger charge is -2.29. The third kappa shape index (κ3) is 6.46. The number of allylic oxidation sites excluding steroid dienone is 2. The minimum absolute atomic E-state index is 0.195. The molecule has 14 aromatic rings. The van der Waals surface area contributed by atoms with Crippen LogP contribution in [0.1, 0.15) is 36.5 Å². The number of furan rings is 2. The van der Waals surface area contributed by atoms with Crippen LogP contribution in [0.25, 0.3) is 105 Å². The SMILES string of the molecule is CC1(C)c2ccccc2-c2c(N(c3cccc4c3oc3ccccc34)c3cccc4oc5ccc(-c6ccc7c(c6)c6cc(-c8ccc9c(c8)C8C=CC=CC8N9c8ccccc8)ccc6n7-c6ccccc6)cc5c34)cccc21. The lowest BCUT2D eigenvalue weighted by molar-refractivity contribution is 0.660. The molecule has 11 aromatic carbocycles. The van der Waals surface area contributed by atoms with Crippen molar-refractivity contribution < 1.29 is 8.83 Å². The van der Waals surface area contributed by atoms with E-state index < -0.39 is 0 Å². The highest BCUT2D eigenvalue weighted by molar-refractivity contribution is 6.18. The standard InChI is InChI=1S/C75H51N3O2/c1-75(2)60-26-12-9-24-55(60)72-61(75)27-16-29-66(72)78(68-31-15-25-54-53-23-11-14-32-69(53)80-74(54)68)67-30-17-33-71-73(67)59-45-49(37-41-70(59)79-71)48-36-40-65-58(44-48)57-43-47(35-39-64(57)77(65)51-20-7-4-8-21-51)46-34-38-63-56(42-46)52-22-10-13-28-62(52)76(63)50-18-5-3-6-19-50/h3-45,52,62H,1-2H3. The van der Waals surface area contributed by atoms with Crippen LogP contribution in [-0.4, -0.2) is 10.6 Å². The molecule has 5 nitrogen and oxygen atoms in total. The van der Waals surface area contributed by atoms with Gasteiger partial charge in [-0.3, -0.25) is 0 Å². The van der Waals surface area contributed by atoms with E-state index in [1.54, 1.807) is 0 Å². The third-order valence-electron chi connectivity index (χ3n) is 17.7. The van der Waals surface area contributed by atoms with Crippen molar-refractivity contribution >= 4 is 94.1 Å². The van der Waals surface area contributed by atoms with Crippen molar-refractivity contribution in [2.24, 2.45) is 0 Å². The number of fused-ring (bicyclic) bond motifs is 15. The molecule has 0 fully saturated rings.